The second-order valence-corrected chi connectivity index (χ2v) is 9.09. The summed E-state index contributed by atoms with van der Waals surface area (Å²) in [6, 6.07) is 13.3. The summed E-state index contributed by atoms with van der Waals surface area (Å²) in [4.78, 5) is 7.00. The molecule has 0 radical (unpaired) electrons. The predicted molar refractivity (Wildman–Crippen MR) is 110 cm³/mol. The van der Waals surface area contributed by atoms with Crippen LogP contribution in [0.1, 0.15) is 18.5 Å². The average Bonchev–Trinajstić information content (AvgIpc) is 3.13. The van der Waals surface area contributed by atoms with E-state index in [1.165, 1.54) is 6.07 Å². The van der Waals surface area contributed by atoms with Gasteiger partial charge in [-0.25, -0.2) is 13.4 Å². The molecule has 0 unspecified atom stereocenters. The maximum Gasteiger partial charge on any atom is 0.206 e. The largest absolute Gasteiger partial charge is 0.393 e. The molecule has 0 atom stereocenters. The zero-order valence-corrected chi connectivity index (χ0v) is 16.9. The van der Waals surface area contributed by atoms with E-state index in [1.807, 2.05) is 17.9 Å². The summed E-state index contributed by atoms with van der Waals surface area (Å²) in [6.45, 7) is 3.11. The Bertz CT molecular complexity index is 1090. The van der Waals surface area contributed by atoms with Crippen molar-refractivity contribution in [1.82, 2.24) is 15.2 Å². The number of pyridine rings is 1. The Labute approximate surface area is 169 Å². The number of aliphatic hydroxyl groups is 1. The Hall–Kier alpha value is -2.91. The molecule has 0 saturated carbocycles. The van der Waals surface area contributed by atoms with Crippen molar-refractivity contribution in [2.24, 2.45) is 0 Å². The highest BCUT2D eigenvalue weighted by molar-refractivity contribution is 7.91. The van der Waals surface area contributed by atoms with E-state index in [4.69, 9.17) is 0 Å². The van der Waals surface area contributed by atoms with Crippen molar-refractivity contribution in [2.45, 2.75) is 35.7 Å². The van der Waals surface area contributed by atoms with Gasteiger partial charge in [-0.3, -0.25) is 5.10 Å². The minimum atomic E-state index is -3.70. The highest BCUT2D eigenvalue weighted by Gasteiger charge is 2.23. The van der Waals surface area contributed by atoms with E-state index in [9.17, 15) is 13.5 Å². The first-order chi connectivity index (χ1) is 13.9. The van der Waals surface area contributed by atoms with Gasteiger partial charge >= 0.3 is 0 Å². The molecule has 1 aliphatic rings. The van der Waals surface area contributed by atoms with Gasteiger partial charge in [-0.05, 0) is 38.0 Å². The Morgan fingerprint density at radius 3 is 2.45 bits per heavy atom. The van der Waals surface area contributed by atoms with Gasteiger partial charge in [0, 0.05) is 30.9 Å². The zero-order valence-electron chi connectivity index (χ0n) is 16.0. The highest BCUT2D eigenvalue weighted by Crippen LogP contribution is 2.29. The number of aliphatic hydroxyl groups excluding tert-OH is 1. The number of piperidine rings is 1. The summed E-state index contributed by atoms with van der Waals surface area (Å²) in [6.07, 6.45) is 0.921. The minimum Gasteiger partial charge on any atom is -0.393 e. The Morgan fingerprint density at radius 1 is 1.07 bits per heavy atom. The van der Waals surface area contributed by atoms with Gasteiger partial charge < -0.3 is 15.3 Å². The first kappa shape index (κ1) is 19.4. The lowest BCUT2D eigenvalue weighted by Gasteiger charge is -2.31. The molecule has 4 rings (SSSR count). The van der Waals surface area contributed by atoms with Crippen LogP contribution in [0, 0.1) is 6.92 Å². The van der Waals surface area contributed by atoms with Gasteiger partial charge in [0.25, 0.3) is 0 Å². The first-order valence-electron chi connectivity index (χ1n) is 9.46. The van der Waals surface area contributed by atoms with E-state index >= 15 is 0 Å². The zero-order chi connectivity index (χ0) is 20.4. The Balaban J connectivity index is 1.75. The molecule has 0 amide bonds. The third-order valence-corrected chi connectivity index (χ3v) is 6.65. The molecular formula is C20H23N5O3S. The van der Waals surface area contributed by atoms with Crippen molar-refractivity contribution in [1.29, 1.82) is 0 Å². The summed E-state index contributed by atoms with van der Waals surface area (Å²) in [5.74, 6) is 1.52. The third-order valence-electron chi connectivity index (χ3n) is 4.90. The van der Waals surface area contributed by atoms with Gasteiger partial charge in [-0.15, -0.1) is 0 Å². The molecule has 0 spiro atoms. The predicted octanol–water partition coefficient (Wildman–Crippen LogP) is 2.65. The Morgan fingerprint density at radius 2 is 1.79 bits per heavy atom. The number of hydrogen-bond acceptors (Lipinski definition) is 7. The molecule has 1 fully saturated rings. The third kappa shape index (κ3) is 4.25. The second-order valence-electron chi connectivity index (χ2n) is 7.14. The molecule has 9 heteroatoms. The topological polar surface area (TPSA) is 111 Å². The number of anilines is 3. The van der Waals surface area contributed by atoms with Crippen LogP contribution in [0.15, 0.2) is 58.3 Å². The van der Waals surface area contributed by atoms with Gasteiger partial charge in [0.2, 0.25) is 9.84 Å². The van der Waals surface area contributed by atoms with Crippen LogP contribution in [0.4, 0.5) is 17.5 Å². The number of sulfone groups is 1. The summed E-state index contributed by atoms with van der Waals surface area (Å²) in [5, 5.41) is 19.9. The smallest absolute Gasteiger partial charge is 0.206 e. The number of aromatic nitrogens is 3. The van der Waals surface area contributed by atoms with E-state index in [-0.39, 0.29) is 15.9 Å². The summed E-state index contributed by atoms with van der Waals surface area (Å²) in [5.41, 5.74) is 0.880. The van der Waals surface area contributed by atoms with Crippen LogP contribution in [0.2, 0.25) is 0 Å². The fourth-order valence-electron chi connectivity index (χ4n) is 3.32. The van der Waals surface area contributed by atoms with Gasteiger partial charge in [-0.1, -0.05) is 18.2 Å². The normalized spacial score (nSPS) is 15.4. The number of benzene rings is 1. The van der Waals surface area contributed by atoms with Gasteiger partial charge in [0.05, 0.1) is 15.9 Å². The molecule has 152 valence electrons. The molecule has 29 heavy (non-hydrogen) atoms. The van der Waals surface area contributed by atoms with Crippen LogP contribution in [0.3, 0.4) is 0 Å². The monoisotopic (exact) mass is 413 g/mol. The maximum absolute atomic E-state index is 13.2. The van der Waals surface area contributed by atoms with E-state index in [1.54, 1.807) is 36.4 Å². The van der Waals surface area contributed by atoms with E-state index in [0.29, 0.717) is 43.4 Å². The molecule has 3 heterocycles. The number of hydrogen-bond donors (Lipinski definition) is 3. The SMILES string of the molecule is Cc1cc(Nc2cc(S(=O)(=O)c3ccccc3)cc(N3CCC(O)CC3)n2)n[nH]1. The van der Waals surface area contributed by atoms with Crippen molar-refractivity contribution in [3.63, 3.8) is 0 Å². The Kier molecular flexibility index (Phi) is 5.25. The van der Waals surface area contributed by atoms with Crippen LogP contribution in [-0.4, -0.2) is 47.9 Å². The molecule has 1 aliphatic heterocycles. The number of H-pyrrole nitrogens is 1. The summed E-state index contributed by atoms with van der Waals surface area (Å²) in [7, 11) is -3.70. The number of aromatic amines is 1. The van der Waals surface area contributed by atoms with Crippen molar-refractivity contribution in [3.8, 4) is 0 Å². The molecule has 8 nitrogen and oxygen atoms in total. The fourth-order valence-corrected chi connectivity index (χ4v) is 4.63. The molecule has 3 aromatic rings. The van der Waals surface area contributed by atoms with Crippen LogP contribution in [-0.2, 0) is 9.84 Å². The standard InChI is InChI=1S/C20H23N5O3S/c1-14-11-19(24-23-14)21-18-12-17(29(27,28)16-5-3-2-4-6-16)13-20(22-18)25-9-7-15(26)8-10-25/h2-6,11-13,15,26H,7-10H2,1H3,(H2,21,22,23,24). The van der Waals surface area contributed by atoms with Crippen molar-refractivity contribution < 1.29 is 13.5 Å². The lowest BCUT2D eigenvalue weighted by Crippen LogP contribution is -2.36. The molecular weight excluding hydrogens is 390 g/mol. The van der Waals surface area contributed by atoms with Crippen LogP contribution in [0.25, 0.3) is 0 Å². The van der Waals surface area contributed by atoms with E-state index < -0.39 is 9.84 Å². The average molecular weight is 414 g/mol. The molecule has 2 aromatic heterocycles. The lowest BCUT2D eigenvalue weighted by atomic mass is 10.1. The van der Waals surface area contributed by atoms with Gasteiger partial charge in [-0.2, -0.15) is 5.10 Å². The van der Waals surface area contributed by atoms with Gasteiger partial charge in [0.1, 0.15) is 11.6 Å². The molecule has 1 saturated heterocycles. The number of aryl methyl sites for hydroxylation is 1. The number of rotatable bonds is 5. The first-order valence-corrected chi connectivity index (χ1v) is 10.9. The van der Waals surface area contributed by atoms with Crippen LogP contribution < -0.4 is 10.2 Å². The molecule has 0 bridgehead atoms. The fraction of sp³-hybridized carbons (Fsp3) is 0.300. The van der Waals surface area contributed by atoms with Crippen LogP contribution in [0.5, 0.6) is 0 Å². The molecule has 1 aromatic carbocycles. The summed E-state index contributed by atoms with van der Waals surface area (Å²) >= 11 is 0. The van der Waals surface area contributed by atoms with Gasteiger partial charge in [0.15, 0.2) is 5.82 Å². The highest BCUT2D eigenvalue weighted by atomic mass is 32.2. The number of nitrogens with zero attached hydrogens (tertiary/aromatic N) is 3. The maximum atomic E-state index is 13.2. The second kappa shape index (κ2) is 7.84. The minimum absolute atomic E-state index is 0.162. The van der Waals surface area contributed by atoms with Crippen molar-refractivity contribution in [2.75, 3.05) is 23.3 Å². The lowest BCUT2D eigenvalue weighted by molar-refractivity contribution is 0.145. The van der Waals surface area contributed by atoms with Crippen molar-refractivity contribution >= 4 is 27.3 Å². The number of nitrogens with one attached hydrogen (secondary N) is 2. The van der Waals surface area contributed by atoms with E-state index in [0.717, 1.165) is 5.69 Å². The summed E-state index contributed by atoms with van der Waals surface area (Å²) < 4.78 is 26.4. The molecule has 3 N–H and O–H groups in total. The van der Waals surface area contributed by atoms with Crippen molar-refractivity contribution in [3.05, 3.63) is 54.2 Å². The molecule has 0 aliphatic carbocycles. The van der Waals surface area contributed by atoms with Crippen LogP contribution >= 0.6 is 0 Å². The van der Waals surface area contributed by atoms with E-state index in [2.05, 4.69) is 20.5 Å². The quantitative estimate of drug-likeness (QED) is 0.590.